The van der Waals surface area contributed by atoms with E-state index >= 15 is 0 Å². The van der Waals surface area contributed by atoms with Crippen LogP contribution in [-0.2, 0) is 19.6 Å². The number of para-hydroxylation sites is 1. The third-order valence-corrected chi connectivity index (χ3v) is 6.02. The van der Waals surface area contributed by atoms with Crippen molar-refractivity contribution >= 4 is 45.4 Å². The zero-order valence-electron chi connectivity index (χ0n) is 14.1. The van der Waals surface area contributed by atoms with E-state index < -0.39 is 0 Å². The summed E-state index contributed by atoms with van der Waals surface area (Å²) in [6.45, 7) is 2.50. The molecular formula is C21H18Cl2N2S. The number of nitrogens with one attached hydrogen (secondary N) is 1. The Balaban J connectivity index is 1.57. The molecule has 4 aromatic rings. The fourth-order valence-electron chi connectivity index (χ4n) is 3.16. The molecule has 0 saturated carbocycles. The van der Waals surface area contributed by atoms with Gasteiger partial charge in [0.15, 0.2) is 0 Å². The normalized spacial score (nSPS) is 11.3. The zero-order valence-corrected chi connectivity index (χ0v) is 16.4. The lowest BCUT2D eigenvalue weighted by atomic mass is 10.2. The minimum Gasteiger partial charge on any atom is -0.343 e. The maximum Gasteiger partial charge on any atom is 0.0595 e. The smallest absolute Gasteiger partial charge is 0.0595 e. The number of hydrogen-bond acceptors (Lipinski definition) is 2. The second-order valence-electron chi connectivity index (χ2n) is 6.23. The van der Waals surface area contributed by atoms with E-state index in [4.69, 9.17) is 23.2 Å². The monoisotopic (exact) mass is 400 g/mol. The number of hydrogen-bond donors (Lipinski definition) is 1. The van der Waals surface area contributed by atoms with Crippen molar-refractivity contribution in [3.8, 4) is 0 Å². The SMILES string of the molecule is Clc1ccc(Cn2cc(CNCc3cccs3)c3ccccc32)cc1Cl. The highest BCUT2D eigenvalue weighted by Crippen LogP contribution is 2.26. The van der Waals surface area contributed by atoms with Crippen LogP contribution < -0.4 is 5.32 Å². The maximum atomic E-state index is 6.17. The van der Waals surface area contributed by atoms with E-state index in [1.165, 1.54) is 21.3 Å². The van der Waals surface area contributed by atoms with Crippen molar-refractivity contribution < 1.29 is 0 Å². The molecule has 0 saturated heterocycles. The van der Waals surface area contributed by atoms with Crippen molar-refractivity contribution in [3.63, 3.8) is 0 Å². The molecule has 2 heterocycles. The van der Waals surface area contributed by atoms with Crippen LogP contribution in [0.3, 0.4) is 0 Å². The maximum absolute atomic E-state index is 6.17. The van der Waals surface area contributed by atoms with E-state index in [9.17, 15) is 0 Å². The Hall–Kier alpha value is -1.78. The van der Waals surface area contributed by atoms with Gasteiger partial charge in [-0.3, -0.25) is 0 Å². The number of rotatable bonds is 6. The Morgan fingerprint density at radius 1 is 0.923 bits per heavy atom. The average molecular weight is 401 g/mol. The number of halogens is 2. The van der Waals surface area contributed by atoms with E-state index in [-0.39, 0.29) is 0 Å². The van der Waals surface area contributed by atoms with E-state index in [1.807, 2.05) is 18.2 Å². The third kappa shape index (κ3) is 3.81. The van der Waals surface area contributed by atoms with Gasteiger partial charge in [-0.15, -0.1) is 11.3 Å². The minimum absolute atomic E-state index is 0.589. The summed E-state index contributed by atoms with van der Waals surface area (Å²) in [5.41, 5.74) is 3.67. The van der Waals surface area contributed by atoms with Gasteiger partial charge < -0.3 is 9.88 Å². The molecule has 0 atom stereocenters. The highest BCUT2D eigenvalue weighted by Gasteiger charge is 2.09. The largest absolute Gasteiger partial charge is 0.343 e. The Morgan fingerprint density at radius 2 is 1.81 bits per heavy atom. The van der Waals surface area contributed by atoms with Gasteiger partial charge in [0.25, 0.3) is 0 Å². The second kappa shape index (κ2) is 7.85. The zero-order chi connectivity index (χ0) is 17.9. The van der Waals surface area contributed by atoms with Gasteiger partial charge in [-0.05, 0) is 40.8 Å². The Labute approximate surface area is 167 Å². The minimum atomic E-state index is 0.589. The van der Waals surface area contributed by atoms with Crippen LogP contribution in [0.1, 0.15) is 16.0 Å². The van der Waals surface area contributed by atoms with Crippen LogP contribution in [0.15, 0.2) is 66.2 Å². The van der Waals surface area contributed by atoms with Crippen LogP contribution in [-0.4, -0.2) is 4.57 Å². The van der Waals surface area contributed by atoms with Crippen molar-refractivity contribution in [2.75, 3.05) is 0 Å². The lowest BCUT2D eigenvalue weighted by molar-refractivity contribution is 0.700. The molecule has 0 radical (unpaired) electrons. The first-order valence-corrected chi connectivity index (χ1v) is 10.1. The summed E-state index contributed by atoms with van der Waals surface area (Å²) in [5, 5.41) is 8.13. The van der Waals surface area contributed by atoms with Gasteiger partial charge in [-0.1, -0.05) is 53.5 Å². The molecule has 26 heavy (non-hydrogen) atoms. The van der Waals surface area contributed by atoms with Crippen molar-refractivity contribution in [1.29, 1.82) is 0 Å². The van der Waals surface area contributed by atoms with Crippen molar-refractivity contribution in [3.05, 3.63) is 92.2 Å². The van der Waals surface area contributed by atoms with Crippen LogP contribution in [0.2, 0.25) is 10.0 Å². The molecule has 2 nitrogen and oxygen atoms in total. The van der Waals surface area contributed by atoms with Gasteiger partial charge in [0.1, 0.15) is 0 Å². The van der Waals surface area contributed by atoms with Crippen LogP contribution in [0.5, 0.6) is 0 Å². The van der Waals surface area contributed by atoms with E-state index in [1.54, 1.807) is 11.3 Å². The van der Waals surface area contributed by atoms with Crippen LogP contribution >= 0.6 is 34.5 Å². The Morgan fingerprint density at radius 3 is 2.62 bits per heavy atom. The third-order valence-electron chi connectivity index (χ3n) is 4.40. The molecule has 5 heteroatoms. The quantitative estimate of drug-likeness (QED) is 0.399. The molecule has 0 aliphatic heterocycles. The first kappa shape index (κ1) is 17.6. The summed E-state index contributed by atoms with van der Waals surface area (Å²) < 4.78 is 2.27. The fraction of sp³-hybridized carbons (Fsp3) is 0.143. The molecule has 1 N–H and O–H groups in total. The molecule has 0 amide bonds. The Bertz CT molecular complexity index is 1020. The van der Waals surface area contributed by atoms with Crippen LogP contribution in [0.25, 0.3) is 10.9 Å². The predicted octanol–water partition coefficient (Wildman–Crippen LogP) is 6.35. The van der Waals surface area contributed by atoms with E-state index in [0.717, 1.165) is 25.2 Å². The second-order valence-corrected chi connectivity index (χ2v) is 8.08. The van der Waals surface area contributed by atoms with Gasteiger partial charge in [-0.2, -0.15) is 0 Å². The topological polar surface area (TPSA) is 17.0 Å². The predicted molar refractivity (Wildman–Crippen MR) is 112 cm³/mol. The molecule has 0 fully saturated rings. The number of aromatic nitrogens is 1. The van der Waals surface area contributed by atoms with Gasteiger partial charge in [0, 0.05) is 41.6 Å². The highest BCUT2D eigenvalue weighted by atomic mass is 35.5. The van der Waals surface area contributed by atoms with Crippen molar-refractivity contribution in [2.45, 2.75) is 19.6 Å². The first-order valence-electron chi connectivity index (χ1n) is 8.44. The van der Waals surface area contributed by atoms with Crippen molar-refractivity contribution in [2.24, 2.45) is 0 Å². The van der Waals surface area contributed by atoms with Gasteiger partial charge in [-0.25, -0.2) is 0 Å². The molecule has 0 unspecified atom stereocenters. The first-order chi connectivity index (χ1) is 12.7. The van der Waals surface area contributed by atoms with Gasteiger partial charge in [0.2, 0.25) is 0 Å². The number of benzene rings is 2. The fourth-order valence-corrected chi connectivity index (χ4v) is 4.16. The molecule has 0 aliphatic carbocycles. The summed E-state index contributed by atoms with van der Waals surface area (Å²) in [6, 6.07) is 18.6. The van der Waals surface area contributed by atoms with Crippen molar-refractivity contribution in [1.82, 2.24) is 9.88 Å². The summed E-state index contributed by atoms with van der Waals surface area (Å²) in [7, 11) is 0. The van der Waals surface area contributed by atoms with Gasteiger partial charge >= 0.3 is 0 Å². The molecule has 132 valence electrons. The molecule has 2 aromatic heterocycles. The molecule has 0 spiro atoms. The molecule has 0 bridgehead atoms. The average Bonchev–Trinajstić information content (AvgIpc) is 3.27. The lowest BCUT2D eigenvalue weighted by Gasteiger charge is -2.07. The van der Waals surface area contributed by atoms with E-state index in [0.29, 0.717) is 10.0 Å². The summed E-state index contributed by atoms with van der Waals surface area (Å²) in [4.78, 5) is 1.35. The molecule has 4 rings (SSSR count). The number of thiophene rings is 1. The summed E-state index contributed by atoms with van der Waals surface area (Å²) in [5.74, 6) is 0. The lowest BCUT2D eigenvalue weighted by Crippen LogP contribution is -2.11. The van der Waals surface area contributed by atoms with Crippen LogP contribution in [0, 0.1) is 0 Å². The van der Waals surface area contributed by atoms with Gasteiger partial charge in [0.05, 0.1) is 10.0 Å². The molecule has 2 aromatic carbocycles. The molecular weight excluding hydrogens is 383 g/mol. The van der Waals surface area contributed by atoms with Crippen LogP contribution in [0.4, 0.5) is 0 Å². The summed E-state index contributed by atoms with van der Waals surface area (Å²) in [6.07, 6.45) is 2.23. The Kier molecular flexibility index (Phi) is 5.32. The highest BCUT2D eigenvalue weighted by molar-refractivity contribution is 7.09. The van der Waals surface area contributed by atoms with E-state index in [2.05, 4.69) is 57.9 Å². The number of fused-ring (bicyclic) bond motifs is 1. The summed E-state index contributed by atoms with van der Waals surface area (Å²) >= 11 is 14.0. The molecule has 0 aliphatic rings. The standard InChI is InChI=1S/C21H18Cl2N2S/c22-19-8-7-15(10-20(19)23)13-25-14-16(18-5-1-2-6-21(18)25)11-24-12-17-4-3-9-26-17/h1-10,14,24H,11-13H2. The number of nitrogens with zero attached hydrogens (tertiary/aromatic N) is 1.